The maximum Gasteiger partial charge on any atom is 0.251 e. The van der Waals surface area contributed by atoms with Crippen molar-refractivity contribution >= 4 is 28.9 Å². The van der Waals surface area contributed by atoms with E-state index >= 15 is 4.39 Å². The van der Waals surface area contributed by atoms with E-state index in [0.29, 0.717) is 41.2 Å². The van der Waals surface area contributed by atoms with Crippen LogP contribution in [0.3, 0.4) is 0 Å². The van der Waals surface area contributed by atoms with Gasteiger partial charge in [-0.25, -0.2) is 19.4 Å². The number of ether oxygens (including phenoxy) is 2. The zero-order valence-electron chi connectivity index (χ0n) is 25.9. The first-order valence-electron chi connectivity index (χ1n) is 15.9. The number of nitriles is 1. The van der Waals surface area contributed by atoms with Gasteiger partial charge in [0.15, 0.2) is 12.0 Å². The number of nitrogens with two attached hydrogens (primary N) is 1. The van der Waals surface area contributed by atoms with Gasteiger partial charge in [-0.1, -0.05) is 0 Å². The van der Waals surface area contributed by atoms with Crippen LogP contribution in [0.5, 0.6) is 5.75 Å². The number of piperazine rings is 1. The normalized spacial score (nSPS) is 21.8. The Bertz CT molecular complexity index is 1730. The Morgan fingerprint density at radius 2 is 1.89 bits per heavy atom. The van der Waals surface area contributed by atoms with Gasteiger partial charge in [-0.2, -0.15) is 5.26 Å². The number of halogens is 1. The Hall–Kier alpha value is -5.06. The van der Waals surface area contributed by atoms with Crippen LogP contribution in [0.15, 0.2) is 71.5 Å². The quantitative estimate of drug-likeness (QED) is 0.378. The van der Waals surface area contributed by atoms with E-state index in [1.165, 1.54) is 16.8 Å². The van der Waals surface area contributed by atoms with E-state index in [-0.39, 0.29) is 36.6 Å². The number of anilines is 3. The highest BCUT2D eigenvalue weighted by Gasteiger charge is 2.35. The number of carbonyl (C=O) groups is 1. The SMILES string of the molecule is N#Cc1cc(-c2nccc(Nc3ccc(N4CCN(C5COC5)CC4)cc3)n2)ccc1O[C@H]1CCN(C(=O)C2=CN=C(N)C2)C[C@H]1F. The van der Waals surface area contributed by atoms with Gasteiger partial charge in [0, 0.05) is 80.5 Å². The summed E-state index contributed by atoms with van der Waals surface area (Å²) >= 11 is 0. The molecule has 3 aromatic rings. The fourth-order valence-corrected chi connectivity index (χ4v) is 6.25. The molecule has 4 aliphatic rings. The molecule has 13 heteroatoms. The number of nitrogens with zero attached hydrogens (tertiary/aromatic N) is 7. The number of hydrogen-bond donors (Lipinski definition) is 2. The predicted octanol–water partition coefficient (Wildman–Crippen LogP) is 3.24. The van der Waals surface area contributed by atoms with E-state index in [0.717, 1.165) is 45.1 Å². The zero-order valence-corrected chi connectivity index (χ0v) is 25.9. The molecule has 47 heavy (non-hydrogen) atoms. The predicted molar refractivity (Wildman–Crippen MR) is 175 cm³/mol. The second-order valence-electron chi connectivity index (χ2n) is 12.1. The second kappa shape index (κ2) is 13.4. The number of alkyl halides is 1. The molecule has 2 aromatic carbocycles. The topological polar surface area (TPSA) is 145 Å². The lowest BCUT2D eigenvalue weighted by atomic mass is 10.0. The van der Waals surface area contributed by atoms with Crippen molar-refractivity contribution in [1.29, 1.82) is 5.26 Å². The molecular formula is C34H36FN9O3. The summed E-state index contributed by atoms with van der Waals surface area (Å²) in [6, 6.07) is 17.9. The van der Waals surface area contributed by atoms with Crippen LogP contribution in [0.1, 0.15) is 18.4 Å². The number of benzene rings is 2. The van der Waals surface area contributed by atoms with Crippen molar-refractivity contribution in [2.75, 3.05) is 62.7 Å². The lowest BCUT2D eigenvalue weighted by Crippen LogP contribution is -2.56. The van der Waals surface area contributed by atoms with Gasteiger partial charge in [-0.3, -0.25) is 9.69 Å². The van der Waals surface area contributed by atoms with Gasteiger partial charge >= 0.3 is 0 Å². The molecule has 3 N–H and O–H groups in total. The number of aromatic nitrogens is 2. The molecule has 0 spiro atoms. The van der Waals surface area contributed by atoms with Crippen molar-refractivity contribution in [2.45, 2.75) is 31.2 Å². The molecule has 0 saturated carbocycles. The van der Waals surface area contributed by atoms with E-state index in [1.807, 2.05) is 12.1 Å². The summed E-state index contributed by atoms with van der Waals surface area (Å²) in [4.78, 5) is 32.1. The summed E-state index contributed by atoms with van der Waals surface area (Å²) in [7, 11) is 0. The molecule has 0 aliphatic carbocycles. The van der Waals surface area contributed by atoms with Crippen molar-refractivity contribution in [3.8, 4) is 23.2 Å². The van der Waals surface area contributed by atoms with Crippen molar-refractivity contribution in [3.63, 3.8) is 0 Å². The molecule has 5 heterocycles. The third-order valence-electron chi connectivity index (χ3n) is 9.05. The number of amides is 1. The summed E-state index contributed by atoms with van der Waals surface area (Å²) in [5.41, 5.74) is 9.09. The first-order valence-corrected chi connectivity index (χ1v) is 15.9. The largest absolute Gasteiger partial charge is 0.486 e. The van der Waals surface area contributed by atoms with Crippen molar-refractivity contribution in [3.05, 3.63) is 72.1 Å². The maximum absolute atomic E-state index is 15.2. The molecule has 3 saturated heterocycles. The highest BCUT2D eigenvalue weighted by atomic mass is 19.1. The monoisotopic (exact) mass is 637 g/mol. The van der Waals surface area contributed by atoms with Gasteiger partial charge in [-0.15, -0.1) is 0 Å². The van der Waals surface area contributed by atoms with Gasteiger partial charge in [-0.05, 0) is 48.5 Å². The fraction of sp³-hybridized carbons (Fsp3) is 0.382. The zero-order chi connectivity index (χ0) is 32.3. The van der Waals surface area contributed by atoms with Crippen LogP contribution < -0.4 is 20.7 Å². The second-order valence-corrected chi connectivity index (χ2v) is 12.1. The first kappa shape index (κ1) is 30.6. The number of aliphatic imine (C=N–C) groups is 1. The van der Waals surface area contributed by atoms with Crippen molar-refractivity contribution in [2.24, 2.45) is 10.7 Å². The Balaban J connectivity index is 0.959. The summed E-state index contributed by atoms with van der Waals surface area (Å²) in [6.45, 7) is 5.99. The van der Waals surface area contributed by atoms with E-state index in [2.05, 4.69) is 48.3 Å². The maximum atomic E-state index is 15.2. The molecule has 4 aliphatic heterocycles. The molecule has 0 unspecified atom stereocenters. The number of carbonyl (C=O) groups excluding carboxylic acids is 1. The summed E-state index contributed by atoms with van der Waals surface area (Å²) < 4.78 is 26.5. The average molecular weight is 638 g/mol. The van der Waals surface area contributed by atoms with Gasteiger partial charge < -0.3 is 30.3 Å². The first-order chi connectivity index (χ1) is 22.9. The number of likely N-dealkylation sites (tertiary alicyclic amines) is 1. The van der Waals surface area contributed by atoms with Gasteiger partial charge in [0.05, 0.1) is 31.4 Å². The van der Waals surface area contributed by atoms with E-state index in [1.54, 1.807) is 30.5 Å². The van der Waals surface area contributed by atoms with Crippen LogP contribution in [-0.4, -0.2) is 102 Å². The Morgan fingerprint density at radius 1 is 1.09 bits per heavy atom. The van der Waals surface area contributed by atoms with Crippen LogP contribution in [-0.2, 0) is 9.53 Å². The number of rotatable bonds is 8. The lowest BCUT2D eigenvalue weighted by Gasteiger charge is -2.43. The van der Waals surface area contributed by atoms with Crippen LogP contribution >= 0.6 is 0 Å². The van der Waals surface area contributed by atoms with Crippen molar-refractivity contribution in [1.82, 2.24) is 19.8 Å². The van der Waals surface area contributed by atoms with Gasteiger partial charge in [0.25, 0.3) is 5.91 Å². The van der Waals surface area contributed by atoms with E-state index in [4.69, 9.17) is 15.2 Å². The minimum absolute atomic E-state index is 0.107. The van der Waals surface area contributed by atoms with Gasteiger partial charge in [0.2, 0.25) is 0 Å². The Labute approximate surface area is 272 Å². The third-order valence-corrected chi connectivity index (χ3v) is 9.05. The number of nitrogens with one attached hydrogen (secondary N) is 1. The standard InChI is InChI=1S/C34H36FN9O3/c35-28-19-44(34(45)24-16-31(37)39-18-24)10-8-30(28)47-29-6-1-22(15-23(29)17-36)33-38-9-7-32(41-33)40-25-2-4-26(5-3-25)42-11-13-43(14-12-42)27-20-46-21-27/h1-7,9,15,18,27-28,30H,8,10-14,16,19-21H2,(H2,37,39)(H,38,40,41)/t28-,30+/m1/s1. The molecule has 0 radical (unpaired) electrons. The van der Waals surface area contributed by atoms with Crippen LogP contribution in [0.4, 0.5) is 21.6 Å². The minimum atomic E-state index is -1.42. The molecule has 1 aromatic heterocycles. The number of piperidine rings is 1. The summed E-state index contributed by atoms with van der Waals surface area (Å²) in [5.74, 6) is 1.43. The molecule has 12 nitrogen and oxygen atoms in total. The fourth-order valence-electron chi connectivity index (χ4n) is 6.25. The number of hydrogen-bond acceptors (Lipinski definition) is 11. The Kier molecular flexibility index (Phi) is 8.69. The molecule has 2 atom stereocenters. The van der Waals surface area contributed by atoms with E-state index < -0.39 is 12.3 Å². The molecule has 7 rings (SSSR count). The number of amidine groups is 1. The summed E-state index contributed by atoms with van der Waals surface area (Å²) in [5, 5.41) is 13.2. The minimum Gasteiger partial charge on any atom is -0.486 e. The molecular weight excluding hydrogens is 601 g/mol. The van der Waals surface area contributed by atoms with E-state index in [9.17, 15) is 10.1 Å². The molecule has 1 amide bonds. The summed E-state index contributed by atoms with van der Waals surface area (Å²) in [6.07, 6.45) is 1.45. The Morgan fingerprint density at radius 3 is 2.57 bits per heavy atom. The van der Waals surface area contributed by atoms with Gasteiger partial charge in [0.1, 0.15) is 29.6 Å². The van der Waals surface area contributed by atoms with Crippen LogP contribution in [0.25, 0.3) is 11.4 Å². The lowest BCUT2D eigenvalue weighted by molar-refractivity contribution is -0.131. The molecule has 0 bridgehead atoms. The van der Waals surface area contributed by atoms with Crippen LogP contribution in [0, 0.1) is 11.3 Å². The highest BCUT2D eigenvalue weighted by Crippen LogP contribution is 2.30. The van der Waals surface area contributed by atoms with Crippen molar-refractivity contribution < 1.29 is 18.7 Å². The smallest absolute Gasteiger partial charge is 0.251 e. The highest BCUT2D eigenvalue weighted by molar-refractivity contribution is 6.02. The molecule has 3 fully saturated rings. The molecule has 242 valence electrons. The van der Waals surface area contributed by atoms with Crippen LogP contribution in [0.2, 0.25) is 0 Å². The average Bonchev–Trinajstić information content (AvgIpc) is 3.51. The third kappa shape index (κ3) is 6.74.